The third-order valence-electron chi connectivity index (χ3n) is 11.5. The zero-order chi connectivity index (χ0) is 43.4. The van der Waals surface area contributed by atoms with E-state index in [9.17, 15) is 0 Å². The van der Waals surface area contributed by atoms with Crippen LogP contribution < -0.4 is 0 Å². The molecular weight excluding hydrogens is 969 g/mol. The number of rotatable bonds is 6. The quantitative estimate of drug-likeness (QED) is 0.153. The van der Waals surface area contributed by atoms with E-state index < -0.39 is 0 Å². The summed E-state index contributed by atoms with van der Waals surface area (Å²) < 4.78 is 10.9. The second-order valence-electron chi connectivity index (χ2n) is 17.4. The number of nitrogens with zero attached hydrogens (tertiary/aromatic N) is 8. The summed E-state index contributed by atoms with van der Waals surface area (Å²) in [6.45, 7) is 15.7. The molecule has 0 bridgehead atoms. The van der Waals surface area contributed by atoms with E-state index in [1.165, 1.54) is 22.4 Å². The summed E-state index contributed by atoms with van der Waals surface area (Å²) in [5.74, 6) is 2.35. The van der Waals surface area contributed by atoms with Gasteiger partial charge in [0.15, 0.2) is 5.65 Å². The van der Waals surface area contributed by atoms with E-state index in [1.54, 1.807) is 12.4 Å². The molecule has 0 spiro atoms. The molecule has 5 heterocycles. The fraction of sp³-hybridized carbons (Fsp3) is 0.185. The molecule has 6 aromatic carbocycles. The molecule has 11 rings (SSSR count). The normalized spacial score (nSPS) is 11.8. The first kappa shape index (κ1) is 42.4. The maximum Gasteiger partial charge on any atom is 0.237 e. The van der Waals surface area contributed by atoms with Crippen LogP contribution in [-0.4, -0.2) is 39.0 Å². The first-order valence-electron chi connectivity index (χ1n) is 21.4. The number of furan rings is 1. The molecule has 319 valence electrons. The topological polar surface area (TPSA) is 100 Å². The van der Waals surface area contributed by atoms with Crippen molar-refractivity contribution in [1.82, 2.24) is 39.0 Å². The average Bonchev–Trinajstić information content (AvgIpc) is 3.99. The van der Waals surface area contributed by atoms with Crippen molar-refractivity contribution in [1.29, 1.82) is 0 Å². The third kappa shape index (κ3) is 7.46. The first-order valence-corrected chi connectivity index (χ1v) is 21.4. The average molecular weight is 1020 g/mol. The van der Waals surface area contributed by atoms with Crippen LogP contribution in [0, 0.1) is 12.1 Å². The van der Waals surface area contributed by atoms with Crippen LogP contribution >= 0.6 is 0 Å². The number of hydrogen-bond acceptors (Lipinski definition) is 7. The van der Waals surface area contributed by atoms with E-state index in [0.717, 1.165) is 55.9 Å². The van der Waals surface area contributed by atoms with Gasteiger partial charge in [-0.25, -0.2) is 15.0 Å². The maximum absolute atomic E-state index is 6.36. The van der Waals surface area contributed by atoms with E-state index in [-0.39, 0.29) is 25.5 Å². The fourth-order valence-corrected chi connectivity index (χ4v) is 8.55. The molecule has 0 saturated heterocycles. The van der Waals surface area contributed by atoms with Gasteiger partial charge in [0.25, 0.3) is 0 Å². The van der Waals surface area contributed by atoms with Crippen LogP contribution in [0.2, 0.25) is 0 Å². The Labute approximate surface area is 385 Å². The number of imidazole rings is 2. The van der Waals surface area contributed by atoms with Crippen molar-refractivity contribution in [2.24, 2.45) is 0 Å². The molecule has 0 aliphatic carbocycles. The minimum Gasteiger partial charge on any atom is -0.485 e. The van der Waals surface area contributed by atoms with Crippen molar-refractivity contribution in [2.75, 3.05) is 0 Å². The molecule has 1 radical (unpaired) electrons. The molecule has 11 aromatic rings. The molecule has 5 aromatic heterocycles. The SMILES string of the molecule is CC(C)(C)c1ccccc1-n1c(-c2[c-]cccc2)nc2ccccc21.CC(C)c1cccc(C(C)C)c1-n1c(-c2[c-]ccc3c2oc2nc4nccnc4nc23)nc2ccccc21.[Ir]. The summed E-state index contributed by atoms with van der Waals surface area (Å²) in [7, 11) is 0. The molecular formula is C54H46IrN8O-2. The molecule has 0 aliphatic heterocycles. The number of fused-ring (bicyclic) bond motifs is 6. The molecule has 0 atom stereocenters. The van der Waals surface area contributed by atoms with Gasteiger partial charge in [0.1, 0.15) is 5.52 Å². The summed E-state index contributed by atoms with van der Waals surface area (Å²) in [5, 5.41) is 0.841. The van der Waals surface area contributed by atoms with Gasteiger partial charge in [0.2, 0.25) is 11.4 Å². The molecule has 0 aliphatic rings. The monoisotopic (exact) mass is 1020 g/mol. The van der Waals surface area contributed by atoms with Crippen LogP contribution in [0.5, 0.6) is 0 Å². The Morgan fingerprint density at radius 3 is 1.84 bits per heavy atom. The van der Waals surface area contributed by atoms with Crippen LogP contribution in [0.3, 0.4) is 0 Å². The van der Waals surface area contributed by atoms with E-state index in [1.807, 2.05) is 48.5 Å². The van der Waals surface area contributed by atoms with Gasteiger partial charge in [-0.3, -0.25) is 9.97 Å². The maximum atomic E-state index is 6.36. The van der Waals surface area contributed by atoms with Crippen LogP contribution in [0.25, 0.3) is 89.7 Å². The van der Waals surface area contributed by atoms with E-state index in [0.29, 0.717) is 39.9 Å². The van der Waals surface area contributed by atoms with Gasteiger partial charge in [0.05, 0.1) is 39.3 Å². The van der Waals surface area contributed by atoms with Gasteiger partial charge in [-0.1, -0.05) is 115 Å². The van der Waals surface area contributed by atoms with E-state index in [4.69, 9.17) is 19.4 Å². The van der Waals surface area contributed by atoms with Crippen LogP contribution in [0.4, 0.5) is 0 Å². The number of hydrogen-bond donors (Lipinski definition) is 0. The Morgan fingerprint density at radius 2 is 1.19 bits per heavy atom. The van der Waals surface area contributed by atoms with Gasteiger partial charge in [-0.05, 0) is 69.7 Å². The van der Waals surface area contributed by atoms with Crippen LogP contribution in [-0.2, 0) is 25.5 Å². The van der Waals surface area contributed by atoms with Gasteiger partial charge < -0.3 is 13.6 Å². The zero-order valence-corrected chi connectivity index (χ0v) is 39.1. The molecule has 0 N–H and O–H groups in total. The predicted molar refractivity (Wildman–Crippen MR) is 254 cm³/mol. The summed E-state index contributed by atoms with van der Waals surface area (Å²) in [4.78, 5) is 28.0. The van der Waals surface area contributed by atoms with Crippen molar-refractivity contribution >= 4 is 55.6 Å². The van der Waals surface area contributed by atoms with Gasteiger partial charge in [-0.15, -0.1) is 54.1 Å². The Hall–Kier alpha value is -6.87. The molecule has 0 amide bonds. The number of benzene rings is 6. The zero-order valence-electron chi connectivity index (χ0n) is 36.8. The summed E-state index contributed by atoms with van der Waals surface area (Å²) >= 11 is 0. The largest absolute Gasteiger partial charge is 0.485 e. The van der Waals surface area contributed by atoms with E-state index >= 15 is 0 Å². The molecule has 0 unspecified atom stereocenters. The van der Waals surface area contributed by atoms with Crippen LogP contribution in [0.15, 0.2) is 144 Å². The minimum atomic E-state index is 0. The van der Waals surface area contributed by atoms with Gasteiger partial charge in [-0.2, -0.15) is 4.98 Å². The molecule has 0 fully saturated rings. The molecule has 9 nitrogen and oxygen atoms in total. The summed E-state index contributed by atoms with van der Waals surface area (Å²) in [6, 6.07) is 50.4. The summed E-state index contributed by atoms with van der Waals surface area (Å²) in [6.07, 6.45) is 3.22. The van der Waals surface area contributed by atoms with Crippen molar-refractivity contribution in [3.8, 4) is 34.2 Å². The number of para-hydroxylation sites is 6. The van der Waals surface area contributed by atoms with Gasteiger partial charge in [0, 0.05) is 43.9 Å². The molecule has 10 heteroatoms. The Bertz CT molecular complexity index is 3440. The number of aromatic nitrogens is 8. The Morgan fingerprint density at radius 1 is 0.578 bits per heavy atom. The van der Waals surface area contributed by atoms with Crippen molar-refractivity contribution < 1.29 is 24.5 Å². The smallest absolute Gasteiger partial charge is 0.237 e. The second kappa shape index (κ2) is 17.0. The van der Waals surface area contributed by atoms with Crippen molar-refractivity contribution in [3.05, 3.63) is 169 Å². The predicted octanol–water partition coefficient (Wildman–Crippen LogP) is 13.2. The molecule has 0 saturated carbocycles. The first-order chi connectivity index (χ1) is 30.6. The van der Waals surface area contributed by atoms with Gasteiger partial charge >= 0.3 is 0 Å². The Balaban J connectivity index is 0.000000174. The molecule has 64 heavy (non-hydrogen) atoms. The standard InChI is InChI=1S/C31H25N6O.C23H21N2.Ir/c1-17(2)19-9-7-10-20(18(3)4)26(19)37-24-14-6-5-13-23(24)34-30(37)22-12-8-11-21-25-31(38-27(21)22)36-29-28(35-25)32-15-16-33-29;1-23(2,3)18-13-7-9-15-20(18)25-21-16-10-8-14-19(21)24-22(25)17-11-5-4-6-12-17;/h5-11,13-18H,1-4H3;4-11,13-16H,1-3H3;/q2*-1;. The Kier molecular flexibility index (Phi) is 11.3. The van der Waals surface area contributed by atoms with Crippen molar-refractivity contribution in [3.63, 3.8) is 0 Å². The second-order valence-corrected chi connectivity index (χ2v) is 17.4. The third-order valence-corrected chi connectivity index (χ3v) is 11.5. The van der Waals surface area contributed by atoms with E-state index in [2.05, 4.69) is 164 Å². The van der Waals surface area contributed by atoms with Crippen LogP contribution in [0.1, 0.15) is 77.0 Å². The fourth-order valence-electron chi connectivity index (χ4n) is 8.55. The minimum absolute atomic E-state index is 0. The van der Waals surface area contributed by atoms with Crippen molar-refractivity contribution in [2.45, 2.75) is 65.7 Å². The summed E-state index contributed by atoms with van der Waals surface area (Å²) in [5.41, 5.74) is 14.7.